The predicted molar refractivity (Wildman–Crippen MR) is 146 cm³/mol. The van der Waals surface area contributed by atoms with Gasteiger partial charge in [-0.25, -0.2) is 28.9 Å². The molecular weight excluding hydrogens is 627 g/mol. The van der Waals surface area contributed by atoms with E-state index in [4.69, 9.17) is 40.4 Å². The number of halogens is 1. The van der Waals surface area contributed by atoms with Gasteiger partial charge in [0.1, 0.15) is 36.5 Å². The van der Waals surface area contributed by atoms with Crippen LogP contribution in [0.25, 0.3) is 22.3 Å². The third kappa shape index (κ3) is 5.56. The van der Waals surface area contributed by atoms with E-state index in [0.717, 1.165) is 6.33 Å². The van der Waals surface area contributed by atoms with Gasteiger partial charge in [0.15, 0.2) is 29.2 Å². The van der Waals surface area contributed by atoms with Crippen molar-refractivity contribution in [3.05, 3.63) is 35.0 Å². The Morgan fingerprint density at radius 1 is 1.24 bits per heavy atom. The standard InChI is InChI=1S/C19H22FN9O8P2S2/c1-8-3-33-38(31,40)34-4-10-12(20)14(18(36-10)28-7-24-13-16(28)26-19(21)27-17(13)30)37-39(32,41)35-5-11-25-9-2-22-6-23-15(9)29(8)11/h2,6-8,10,12,14,18H,3-5H2,1H3,(H,31,40)(H,32,41)(H3,21,26,27,30)/t8-,10+,12+,14+,18-,38?,39?/m0/s1. The minimum absolute atomic E-state index is 0.0534. The number of aromatic nitrogens is 8. The topological polar surface area (TPSA) is 217 Å². The average molecular weight is 650 g/mol. The average Bonchev–Trinajstić information content (AvgIpc) is 3.58. The van der Waals surface area contributed by atoms with Crippen LogP contribution in [0.1, 0.15) is 25.0 Å². The lowest BCUT2D eigenvalue weighted by Gasteiger charge is -2.24. The minimum atomic E-state index is -4.32. The molecule has 1 fully saturated rings. The van der Waals surface area contributed by atoms with E-state index < -0.39 is 62.9 Å². The molecule has 2 unspecified atom stereocenters. The maximum atomic E-state index is 15.9. The van der Waals surface area contributed by atoms with Crippen molar-refractivity contribution in [1.29, 1.82) is 0 Å². The van der Waals surface area contributed by atoms with Gasteiger partial charge in [-0.1, -0.05) is 12.2 Å². The van der Waals surface area contributed by atoms with Crippen LogP contribution in [0.15, 0.2) is 23.6 Å². The van der Waals surface area contributed by atoms with Gasteiger partial charge in [0.2, 0.25) is 5.95 Å². The maximum absolute atomic E-state index is 15.9. The van der Waals surface area contributed by atoms with Gasteiger partial charge >= 0.3 is 13.5 Å². The van der Waals surface area contributed by atoms with E-state index in [-0.39, 0.29) is 29.5 Å². The number of imidazole rings is 2. The summed E-state index contributed by atoms with van der Waals surface area (Å²) >= 11 is 9.20. The molecule has 0 amide bonds. The molecule has 41 heavy (non-hydrogen) atoms. The molecule has 0 aliphatic carbocycles. The summed E-state index contributed by atoms with van der Waals surface area (Å²) in [7, 11) is 0. The summed E-state index contributed by atoms with van der Waals surface area (Å²) in [5.41, 5.74) is 5.69. The zero-order valence-electron chi connectivity index (χ0n) is 20.9. The summed E-state index contributed by atoms with van der Waals surface area (Å²) in [5, 5.41) is 0. The molecule has 1 saturated heterocycles. The molecule has 0 radical (unpaired) electrons. The predicted octanol–water partition coefficient (Wildman–Crippen LogP) is 1.54. The second-order valence-corrected chi connectivity index (χ2v) is 14.8. The lowest BCUT2D eigenvalue weighted by Crippen LogP contribution is -2.32. The number of nitrogens with two attached hydrogens (primary N) is 1. The number of alkyl halides is 1. The third-order valence-corrected chi connectivity index (χ3v) is 9.53. The fraction of sp³-hybridized carbons (Fsp3) is 0.474. The second kappa shape index (κ2) is 10.7. The highest BCUT2D eigenvalue weighted by atomic mass is 32.7. The van der Waals surface area contributed by atoms with E-state index in [0.29, 0.717) is 11.2 Å². The van der Waals surface area contributed by atoms with Gasteiger partial charge in [0.05, 0.1) is 31.8 Å². The van der Waals surface area contributed by atoms with Crippen LogP contribution in [0.5, 0.6) is 0 Å². The molecule has 22 heteroatoms. The number of hydrogen-bond donors (Lipinski definition) is 4. The fourth-order valence-electron chi connectivity index (χ4n) is 4.56. The molecule has 2 aliphatic heterocycles. The van der Waals surface area contributed by atoms with E-state index >= 15 is 4.39 Å². The highest BCUT2D eigenvalue weighted by molar-refractivity contribution is 8.44. The first-order valence-corrected chi connectivity index (χ1v) is 17.2. The SMILES string of the molecule is C[C@H]1COP(O)(=S)OC[C@H]2O[C@H](n3cnc4c(=O)[nH]c(N)nc43)[C@H](OP(=O)(S)OCc3nc4cncnc4n31)[C@@H]2F. The number of fused-ring (bicyclic) bond motifs is 6. The molecule has 4 N–H and O–H groups in total. The Morgan fingerprint density at radius 2 is 2.02 bits per heavy atom. The number of thiol groups is 1. The molecule has 2 aliphatic rings. The van der Waals surface area contributed by atoms with Gasteiger partial charge in [0.25, 0.3) is 5.56 Å². The van der Waals surface area contributed by atoms with Crippen LogP contribution in [0.2, 0.25) is 0 Å². The molecule has 17 nitrogen and oxygen atoms in total. The molecule has 4 aromatic heterocycles. The molecule has 6 rings (SSSR count). The number of rotatable bonds is 1. The smallest absolute Gasteiger partial charge is 0.369 e. The minimum Gasteiger partial charge on any atom is -0.369 e. The van der Waals surface area contributed by atoms with E-state index in [1.807, 2.05) is 0 Å². The van der Waals surface area contributed by atoms with Gasteiger partial charge in [-0.05, 0) is 18.7 Å². The Morgan fingerprint density at radius 3 is 2.83 bits per heavy atom. The Balaban J connectivity index is 1.39. The van der Waals surface area contributed by atoms with Crippen molar-refractivity contribution in [2.75, 3.05) is 18.9 Å². The summed E-state index contributed by atoms with van der Waals surface area (Å²) in [5.74, 6) is 0.0129. The van der Waals surface area contributed by atoms with Gasteiger partial charge in [-0.3, -0.25) is 23.4 Å². The molecule has 0 saturated carbocycles. The Hall–Kier alpha value is -2.38. The molecule has 0 spiro atoms. The van der Waals surface area contributed by atoms with Crippen molar-refractivity contribution in [2.24, 2.45) is 0 Å². The Kier molecular flexibility index (Phi) is 7.51. The Labute approximate surface area is 239 Å². The first-order valence-electron chi connectivity index (χ1n) is 11.9. The van der Waals surface area contributed by atoms with Gasteiger partial charge in [0, 0.05) is 0 Å². The van der Waals surface area contributed by atoms with Crippen LogP contribution in [0, 0.1) is 0 Å². The third-order valence-electron chi connectivity index (χ3n) is 6.35. The van der Waals surface area contributed by atoms with E-state index in [1.54, 1.807) is 11.5 Å². The van der Waals surface area contributed by atoms with E-state index in [1.165, 1.54) is 17.1 Å². The maximum Gasteiger partial charge on any atom is 0.387 e. The van der Waals surface area contributed by atoms with E-state index in [9.17, 15) is 14.3 Å². The zero-order chi connectivity index (χ0) is 29.1. The van der Waals surface area contributed by atoms with Crippen LogP contribution in [0.3, 0.4) is 0 Å². The fourth-order valence-corrected chi connectivity index (χ4v) is 7.11. The number of nitrogens with one attached hydrogen (secondary N) is 1. The second-order valence-electron chi connectivity index (χ2n) is 9.14. The molecular formula is C19H22FN9O8P2S2. The first-order chi connectivity index (χ1) is 19.4. The molecule has 4 aromatic rings. The number of nitrogen functional groups attached to an aromatic ring is 1. The highest BCUT2D eigenvalue weighted by Gasteiger charge is 2.51. The largest absolute Gasteiger partial charge is 0.387 e. The van der Waals surface area contributed by atoms with Crippen molar-refractivity contribution in [3.8, 4) is 0 Å². The highest BCUT2D eigenvalue weighted by Crippen LogP contribution is 2.58. The molecule has 2 bridgehead atoms. The number of ether oxygens (including phenoxy) is 1. The van der Waals surface area contributed by atoms with Crippen molar-refractivity contribution in [1.82, 2.24) is 39.0 Å². The quantitative estimate of drug-likeness (QED) is 0.170. The number of H-pyrrole nitrogens is 1. The van der Waals surface area contributed by atoms with Crippen LogP contribution in [-0.4, -0.2) is 75.5 Å². The molecule has 0 aromatic carbocycles. The van der Waals surface area contributed by atoms with Crippen molar-refractivity contribution >= 4 is 65.8 Å². The van der Waals surface area contributed by atoms with Crippen molar-refractivity contribution in [3.63, 3.8) is 0 Å². The van der Waals surface area contributed by atoms with Crippen LogP contribution in [0.4, 0.5) is 10.3 Å². The summed E-state index contributed by atoms with van der Waals surface area (Å²) < 4.78 is 60.0. The normalized spacial score (nSPS) is 33.4. The number of nitrogens with zero attached hydrogens (tertiary/aromatic N) is 7. The van der Waals surface area contributed by atoms with E-state index in [2.05, 4.69) is 42.2 Å². The van der Waals surface area contributed by atoms with Gasteiger partial charge in [-0.2, -0.15) is 4.98 Å². The summed E-state index contributed by atoms with van der Waals surface area (Å²) in [6, 6.07) is -0.513. The lowest BCUT2D eigenvalue weighted by atomic mass is 10.1. The molecule has 220 valence electrons. The molecule has 6 heterocycles. The van der Waals surface area contributed by atoms with Crippen molar-refractivity contribution in [2.45, 2.75) is 44.2 Å². The van der Waals surface area contributed by atoms with Gasteiger partial charge < -0.3 is 29.0 Å². The first kappa shape index (κ1) is 28.7. The zero-order valence-corrected chi connectivity index (χ0v) is 24.4. The lowest BCUT2D eigenvalue weighted by molar-refractivity contribution is -0.0455. The summed E-state index contributed by atoms with van der Waals surface area (Å²) in [6.07, 6.45) is -2.49. The van der Waals surface area contributed by atoms with Crippen LogP contribution in [-0.2, 0) is 45.8 Å². The summed E-state index contributed by atoms with van der Waals surface area (Å²) in [6.45, 7) is -7.58. The van der Waals surface area contributed by atoms with Crippen LogP contribution >= 0.6 is 25.8 Å². The number of aromatic amines is 1. The van der Waals surface area contributed by atoms with Crippen LogP contribution < -0.4 is 11.3 Å². The Bertz CT molecular complexity index is 1790. The van der Waals surface area contributed by atoms with Crippen molar-refractivity contribution < 1.29 is 36.7 Å². The number of hydrogen-bond acceptors (Lipinski definition) is 14. The number of anilines is 1. The van der Waals surface area contributed by atoms with Gasteiger partial charge in [-0.15, -0.1) is 0 Å². The monoisotopic (exact) mass is 649 g/mol. The molecule has 7 atom stereocenters. The summed E-state index contributed by atoms with van der Waals surface area (Å²) in [4.78, 5) is 46.0.